The SMILES string of the molecule is CC/C=C\C/C=C\C/C=C\C/C=C\CCCCCCCCC(=O)OCC(COCCCCCCCC/C=C\C/C=C\CCC)OC(=O)CCCCCCCCC/C=C\C/C=C\C/C=C\CC. The van der Waals surface area contributed by atoms with Crippen molar-refractivity contribution < 1.29 is 23.8 Å². The smallest absolute Gasteiger partial charge is 0.306 e. The maximum Gasteiger partial charge on any atom is 0.306 e. The van der Waals surface area contributed by atoms with Crippen LogP contribution >= 0.6 is 0 Å². The molecule has 0 spiro atoms. The molecule has 0 radical (unpaired) electrons. The standard InChI is InChI=1S/C61H102O5/c1-4-7-10-13-16-19-22-25-28-30-31-33-34-36-39-42-45-48-51-54-60(62)65-58-59(57-64-56-53-50-47-44-41-38-27-24-21-18-15-12-9-6-3)66-61(63)55-52-49-46-43-40-37-35-32-29-26-23-20-17-14-11-8-5-2/h7-8,10-12,15-17,19-21,24-26,28-29,31,33,59H,4-6,9,13-14,18,22-23,27,30,32,34-58H2,1-3H3/b10-7-,11-8-,15-12-,19-16-,20-17-,24-21-,28-25-,29-26-,33-31-. The van der Waals surface area contributed by atoms with Crippen molar-refractivity contribution in [3.8, 4) is 0 Å². The van der Waals surface area contributed by atoms with E-state index in [1.807, 2.05) is 0 Å². The molecule has 0 saturated carbocycles. The molecule has 376 valence electrons. The van der Waals surface area contributed by atoms with Gasteiger partial charge in [-0.3, -0.25) is 9.59 Å². The third kappa shape index (κ3) is 53.2. The average molecular weight is 915 g/mol. The lowest BCUT2D eigenvalue weighted by Crippen LogP contribution is -2.30. The molecule has 0 aliphatic rings. The number of rotatable bonds is 49. The number of ether oxygens (including phenoxy) is 3. The van der Waals surface area contributed by atoms with Crippen LogP contribution in [0.5, 0.6) is 0 Å². The Bertz CT molecular complexity index is 1310. The van der Waals surface area contributed by atoms with Crippen molar-refractivity contribution in [3.05, 3.63) is 109 Å². The summed E-state index contributed by atoms with van der Waals surface area (Å²) in [7, 11) is 0. The van der Waals surface area contributed by atoms with E-state index in [9.17, 15) is 9.59 Å². The summed E-state index contributed by atoms with van der Waals surface area (Å²) in [6.07, 6.45) is 76.7. The average Bonchev–Trinajstić information content (AvgIpc) is 3.32. The molecular weight excluding hydrogens is 813 g/mol. The second-order valence-corrected chi connectivity index (χ2v) is 17.7. The van der Waals surface area contributed by atoms with E-state index in [2.05, 4.69) is 130 Å². The second kappa shape index (κ2) is 55.9. The van der Waals surface area contributed by atoms with Crippen LogP contribution in [0.3, 0.4) is 0 Å². The lowest BCUT2D eigenvalue weighted by atomic mass is 10.1. The first-order chi connectivity index (χ1) is 32.6. The molecule has 1 atom stereocenters. The molecule has 0 amide bonds. The van der Waals surface area contributed by atoms with Gasteiger partial charge in [0.25, 0.3) is 0 Å². The van der Waals surface area contributed by atoms with Crippen LogP contribution < -0.4 is 0 Å². The number of carbonyl (C=O) groups is 2. The highest BCUT2D eigenvalue weighted by atomic mass is 16.6. The van der Waals surface area contributed by atoms with Crippen molar-refractivity contribution in [1.82, 2.24) is 0 Å². The maximum absolute atomic E-state index is 12.8. The summed E-state index contributed by atoms with van der Waals surface area (Å²) in [5.41, 5.74) is 0. The summed E-state index contributed by atoms with van der Waals surface area (Å²) in [6, 6.07) is 0. The molecule has 0 aromatic rings. The summed E-state index contributed by atoms with van der Waals surface area (Å²) in [5, 5.41) is 0. The summed E-state index contributed by atoms with van der Waals surface area (Å²) < 4.78 is 17.4. The van der Waals surface area contributed by atoms with Gasteiger partial charge in [0.15, 0.2) is 6.10 Å². The summed E-state index contributed by atoms with van der Waals surface area (Å²) in [6.45, 7) is 7.50. The van der Waals surface area contributed by atoms with Crippen LogP contribution in [-0.4, -0.2) is 37.9 Å². The fourth-order valence-corrected chi connectivity index (χ4v) is 7.26. The lowest BCUT2D eigenvalue weighted by molar-refractivity contribution is -0.163. The van der Waals surface area contributed by atoms with Gasteiger partial charge in [0.05, 0.1) is 6.61 Å². The number of hydrogen-bond acceptors (Lipinski definition) is 5. The minimum Gasteiger partial charge on any atom is -0.462 e. The highest BCUT2D eigenvalue weighted by molar-refractivity contribution is 5.70. The molecule has 0 rings (SSSR count). The molecule has 66 heavy (non-hydrogen) atoms. The normalized spacial score (nSPS) is 13.1. The summed E-state index contributed by atoms with van der Waals surface area (Å²) >= 11 is 0. The van der Waals surface area contributed by atoms with Gasteiger partial charge in [0.1, 0.15) is 6.61 Å². The van der Waals surface area contributed by atoms with Gasteiger partial charge in [0, 0.05) is 19.4 Å². The first-order valence-corrected chi connectivity index (χ1v) is 27.4. The first-order valence-electron chi connectivity index (χ1n) is 27.4. The minimum atomic E-state index is -0.560. The van der Waals surface area contributed by atoms with Gasteiger partial charge in [0.2, 0.25) is 0 Å². The van der Waals surface area contributed by atoms with Crippen LogP contribution in [-0.2, 0) is 23.8 Å². The van der Waals surface area contributed by atoms with Gasteiger partial charge < -0.3 is 14.2 Å². The lowest BCUT2D eigenvalue weighted by Gasteiger charge is -2.18. The molecule has 0 aliphatic carbocycles. The van der Waals surface area contributed by atoms with Crippen molar-refractivity contribution in [2.75, 3.05) is 19.8 Å². The van der Waals surface area contributed by atoms with E-state index >= 15 is 0 Å². The van der Waals surface area contributed by atoms with Gasteiger partial charge in [-0.15, -0.1) is 0 Å². The molecule has 0 N–H and O–H groups in total. The zero-order valence-electron chi connectivity index (χ0n) is 43.2. The van der Waals surface area contributed by atoms with Crippen LogP contribution in [0.25, 0.3) is 0 Å². The van der Waals surface area contributed by atoms with Crippen molar-refractivity contribution in [2.24, 2.45) is 0 Å². The topological polar surface area (TPSA) is 61.8 Å². The van der Waals surface area contributed by atoms with E-state index in [1.165, 1.54) is 89.9 Å². The highest BCUT2D eigenvalue weighted by Crippen LogP contribution is 2.14. The number of allylic oxidation sites excluding steroid dienone is 18. The Morgan fingerprint density at radius 3 is 1.09 bits per heavy atom. The summed E-state index contributed by atoms with van der Waals surface area (Å²) in [4.78, 5) is 25.5. The summed E-state index contributed by atoms with van der Waals surface area (Å²) in [5.74, 6) is -0.433. The Labute approximate surface area is 408 Å². The largest absolute Gasteiger partial charge is 0.462 e. The van der Waals surface area contributed by atoms with E-state index in [4.69, 9.17) is 14.2 Å². The fraction of sp³-hybridized carbons (Fsp3) is 0.672. The zero-order chi connectivity index (χ0) is 47.7. The van der Waals surface area contributed by atoms with Gasteiger partial charge >= 0.3 is 11.9 Å². The van der Waals surface area contributed by atoms with E-state index in [1.54, 1.807) is 0 Å². The van der Waals surface area contributed by atoms with Crippen LogP contribution in [0.15, 0.2) is 109 Å². The molecule has 0 heterocycles. The van der Waals surface area contributed by atoms with Crippen LogP contribution in [0.4, 0.5) is 0 Å². The minimum absolute atomic E-state index is 0.0634. The van der Waals surface area contributed by atoms with Crippen molar-refractivity contribution in [2.45, 2.75) is 245 Å². The molecule has 0 saturated heterocycles. The Morgan fingerprint density at radius 1 is 0.348 bits per heavy atom. The number of hydrogen-bond donors (Lipinski definition) is 0. The highest BCUT2D eigenvalue weighted by Gasteiger charge is 2.17. The van der Waals surface area contributed by atoms with Crippen molar-refractivity contribution >= 4 is 11.9 Å². The number of carbonyl (C=O) groups excluding carboxylic acids is 2. The van der Waals surface area contributed by atoms with Crippen LogP contribution in [0.2, 0.25) is 0 Å². The third-order valence-corrected chi connectivity index (χ3v) is 11.3. The van der Waals surface area contributed by atoms with Crippen molar-refractivity contribution in [1.29, 1.82) is 0 Å². The molecule has 5 nitrogen and oxygen atoms in total. The van der Waals surface area contributed by atoms with Gasteiger partial charge in [-0.2, -0.15) is 0 Å². The third-order valence-electron chi connectivity index (χ3n) is 11.3. The Morgan fingerprint density at radius 2 is 0.682 bits per heavy atom. The number of esters is 2. The van der Waals surface area contributed by atoms with Crippen LogP contribution in [0, 0.1) is 0 Å². The molecular formula is C61H102O5. The second-order valence-electron chi connectivity index (χ2n) is 17.7. The van der Waals surface area contributed by atoms with Crippen LogP contribution in [0.1, 0.15) is 239 Å². The molecule has 0 fully saturated rings. The molecule has 0 bridgehead atoms. The predicted octanol–water partition coefficient (Wildman–Crippen LogP) is 18.8. The zero-order valence-corrected chi connectivity index (χ0v) is 43.2. The van der Waals surface area contributed by atoms with Gasteiger partial charge in [-0.1, -0.05) is 220 Å². The molecule has 1 unspecified atom stereocenters. The van der Waals surface area contributed by atoms with E-state index in [0.29, 0.717) is 19.4 Å². The Hall–Kier alpha value is -3.44. The van der Waals surface area contributed by atoms with Crippen molar-refractivity contribution in [3.63, 3.8) is 0 Å². The maximum atomic E-state index is 12.8. The molecule has 0 aromatic heterocycles. The molecule has 0 aromatic carbocycles. The Balaban J connectivity index is 4.34. The monoisotopic (exact) mass is 915 g/mol. The first kappa shape index (κ1) is 62.6. The molecule has 5 heteroatoms. The Kier molecular flexibility index (Phi) is 53.0. The van der Waals surface area contributed by atoms with E-state index < -0.39 is 6.10 Å². The van der Waals surface area contributed by atoms with Gasteiger partial charge in [-0.25, -0.2) is 0 Å². The number of unbranched alkanes of at least 4 members (excludes halogenated alkanes) is 20. The fourth-order valence-electron chi connectivity index (χ4n) is 7.26. The predicted molar refractivity (Wildman–Crippen MR) is 288 cm³/mol. The quantitative estimate of drug-likeness (QED) is 0.0346. The van der Waals surface area contributed by atoms with E-state index in [0.717, 1.165) is 116 Å². The molecule has 0 aliphatic heterocycles. The van der Waals surface area contributed by atoms with E-state index in [-0.39, 0.29) is 25.2 Å². The van der Waals surface area contributed by atoms with Gasteiger partial charge in [-0.05, 0) is 116 Å².